The van der Waals surface area contributed by atoms with Crippen LogP contribution in [0.15, 0.2) is 18.2 Å². The van der Waals surface area contributed by atoms with Gasteiger partial charge in [0, 0.05) is 12.2 Å². The summed E-state index contributed by atoms with van der Waals surface area (Å²) in [6.07, 6.45) is 1.73. The van der Waals surface area contributed by atoms with Crippen LogP contribution in [-0.2, 0) is 9.59 Å². The van der Waals surface area contributed by atoms with Gasteiger partial charge < -0.3 is 9.80 Å². The van der Waals surface area contributed by atoms with Gasteiger partial charge in [0.1, 0.15) is 12.6 Å². The highest BCUT2D eigenvalue weighted by Gasteiger charge is 2.42. The fourth-order valence-electron chi connectivity index (χ4n) is 2.92. The van der Waals surface area contributed by atoms with Crippen LogP contribution in [0.3, 0.4) is 0 Å². The average Bonchev–Trinajstić information content (AvgIpc) is 2.87. The van der Waals surface area contributed by atoms with Gasteiger partial charge in [-0.15, -0.1) is 0 Å². The Balaban J connectivity index is 1.94. The van der Waals surface area contributed by atoms with E-state index >= 15 is 0 Å². The highest BCUT2D eigenvalue weighted by atomic mass is 16.2. The second-order valence-corrected chi connectivity index (χ2v) is 5.44. The first-order chi connectivity index (χ1) is 9.08. The van der Waals surface area contributed by atoms with Crippen molar-refractivity contribution in [1.82, 2.24) is 4.90 Å². The van der Waals surface area contributed by atoms with Crippen LogP contribution in [0.2, 0.25) is 0 Å². The van der Waals surface area contributed by atoms with E-state index in [9.17, 15) is 9.59 Å². The summed E-state index contributed by atoms with van der Waals surface area (Å²) in [6, 6.07) is 5.69. The number of anilines is 1. The van der Waals surface area contributed by atoms with Gasteiger partial charge in [-0.05, 0) is 49.9 Å². The number of aryl methyl sites for hydroxylation is 2. The van der Waals surface area contributed by atoms with Crippen molar-refractivity contribution in [2.24, 2.45) is 0 Å². The maximum atomic E-state index is 12.5. The maximum Gasteiger partial charge on any atom is 0.250 e. The van der Waals surface area contributed by atoms with Gasteiger partial charge in [-0.3, -0.25) is 9.59 Å². The molecule has 2 aliphatic heterocycles. The summed E-state index contributed by atoms with van der Waals surface area (Å²) in [5, 5.41) is 0. The van der Waals surface area contributed by atoms with Crippen LogP contribution in [0.5, 0.6) is 0 Å². The Morgan fingerprint density at radius 3 is 2.68 bits per heavy atom. The van der Waals surface area contributed by atoms with Crippen molar-refractivity contribution in [3.05, 3.63) is 29.3 Å². The molecule has 2 saturated heterocycles. The minimum atomic E-state index is -0.233. The number of hydrogen-bond acceptors (Lipinski definition) is 2. The van der Waals surface area contributed by atoms with Gasteiger partial charge in [0.25, 0.3) is 0 Å². The van der Waals surface area contributed by atoms with Crippen molar-refractivity contribution in [2.45, 2.75) is 32.7 Å². The Bertz CT molecular complexity index is 553. The van der Waals surface area contributed by atoms with E-state index in [-0.39, 0.29) is 24.4 Å². The van der Waals surface area contributed by atoms with Gasteiger partial charge in [0.05, 0.1) is 0 Å². The predicted molar refractivity (Wildman–Crippen MR) is 73.0 cm³/mol. The highest BCUT2D eigenvalue weighted by molar-refractivity contribution is 6.06. The van der Waals surface area contributed by atoms with Crippen LogP contribution >= 0.6 is 0 Å². The van der Waals surface area contributed by atoms with E-state index in [0.29, 0.717) is 0 Å². The zero-order valence-electron chi connectivity index (χ0n) is 11.3. The average molecular weight is 258 g/mol. The lowest BCUT2D eigenvalue weighted by atomic mass is 10.1. The van der Waals surface area contributed by atoms with Gasteiger partial charge in [-0.1, -0.05) is 6.07 Å². The fourth-order valence-corrected chi connectivity index (χ4v) is 2.92. The van der Waals surface area contributed by atoms with E-state index in [1.54, 1.807) is 9.80 Å². The molecule has 4 heteroatoms. The normalized spacial score (nSPS) is 22.9. The van der Waals surface area contributed by atoms with Gasteiger partial charge in [0.15, 0.2) is 0 Å². The number of nitrogens with zero attached hydrogens (tertiary/aromatic N) is 2. The number of rotatable bonds is 1. The molecule has 0 spiro atoms. The summed E-state index contributed by atoms with van der Waals surface area (Å²) in [5.74, 6) is 0.140. The smallest absolute Gasteiger partial charge is 0.250 e. The molecule has 100 valence electrons. The van der Waals surface area contributed by atoms with Crippen molar-refractivity contribution in [3.63, 3.8) is 0 Å². The Hall–Kier alpha value is -1.84. The van der Waals surface area contributed by atoms with Crippen LogP contribution in [0.4, 0.5) is 5.69 Å². The molecule has 0 saturated carbocycles. The standard InChI is InChI=1S/C15H18N2O2/c1-10-5-6-12(8-11(10)2)17-9-14(18)16-7-3-4-13(16)15(17)19/h5-6,8,13H,3-4,7,9H2,1-2H3. The molecule has 0 N–H and O–H groups in total. The first kappa shape index (κ1) is 12.2. The van der Waals surface area contributed by atoms with Gasteiger partial charge in [-0.25, -0.2) is 0 Å². The van der Waals surface area contributed by atoms with E-state index in [2.05, 4.69) is 0 Å². The molecule has 4 nitrogen and oxygen atoms in total. The Morgan fingerprint density at radius 1 is 1.16 bits per heavy atom. The molecule has 0 aromatic heterocycles. The lowest BCUT2D eigenvalue weighted by Gasteiger charge is -2.36. The minimum absolute atomic E-state index is 0.0697. The van der Waals surface area contributed by atoms with Gasteiger partial charge >= 0.3 is 0 Å². The largest absolute Gasteiger partial charge is 0.329 e. The number of benzene rings is 1. The molecule has 2 aliphatic rings. The van der Waals surface area contributed by atoms with Crippen molar-refractivity contribution in [2.75, 3.05) is 18.0 Å². The number of fused-ring (bicyclic) bond motifs is 1. The molecule has 1 unspecified atom stereocenters. The van der Waals surface area contributed by atoms with Crippen LogP contribution < -0.4 is 4.90 Å². The zero-order chi connectivity index (χ0) is 13.6. The van der Waals surface area contributed by atoms with Crippen molar-refractivity contribution in [3.8, 4) is 0 Å². The second kappa shape index (κ2) is 4.37. The number of amides is 2. The maximum absolute atomic E-state index is 12.5. The molecule has 2 fully saturated rings. The molecule has 1 aromatic rings. The number of carbonyl (C=O) groups excluding carboxylic acids is 2. The molecule has 0 aliphatic carbocycles. The summed E-state index contributed by atoms with van der Waals surface area (Å²) in [5.41, 5.74) is 3.18. The van der Waals surface area contributed by atoms with E-state index in [0.717, 1.165) is 30.6 Å². The van der Waals surface area contributed by atoms with Crippen LogP contribution in [0.1, 0.15) is 24.0 Å². The van der Waals surface area contributed by atoms with Crippen LogP contribution in [0.25, 0.3) is 0 Å². The van der Waals surface area contributed by atoms with Crippen molar-refractivity contribution < 1.29 is 9.59 Å². The summed E-state index contributed by atoms with van der Waals surface area (Å²) in [6.45, 7) is 4.98. The number of carbonyl (C=O) groups is 2. The third-order valence-corrected chi connectivity index (χ3v) is 4.22. The molecular formula is C15H18N2O2. The van der Waals surface area contributed by atoms with Crippen LogP contribution in [-0.4, -0.2) is 35.8 Å². The SMILES string of the molecule is Cc1ccc(N2CC(=O)N3CCCC3C2=O)cc1C. The monoisotopic (exact) mass is 258 g/mol. The third kappa shape index (κ3) is 1.91. The summed E-state index contributed by atoms with van der Waals surface area (Å²) in [4.78, 5) is 27.9. The van der Waals surface area contributed by atoms with Gasteiger partial charge in [-0.2, -0.15) is 0 Å². The Morgan fingerprint density at radius 2 is 1.95 bits per heavy atom. The number of piperazine rings is 1. The molecule has 0 radical (unpaired) electrons. The summed E-state index contributed by atoms with van der Waals surface area (Å²) < 4.78 is 0. The summed E-state index contributed by atoms with van der Waals surface area (Å²) in [7, 11) is 0. The lowest BCUT2D eigenvalue weighted by Crippen LogP contribution is -2.57. The van der Waals surface area contributed by atoms with E-state index in [1.807, 2.05) is 32.0 Å². The van der Waals surface area contributed by atoms with E-state index < -0.39 is 0 Å². The van der Waals surface area contributed by atoms with E-state index in [4.69, 9.17) is 0 Å². The fraction of sp³-hybridized carbons (Fsp3) is 0.467. The van der Waals surface area contributed by atoms with Crippen LogP contribution in [0, 0.1) is 13.8 Å². The quantitative estimate of drug-likeness (QED) is 0.768. The third-order valence-electron chi connectivity index (χ3n) is 4.22. The molecular weight excluding hydrogens is 240 g/mol. The Kier molecular flexibility index (Phi) is 2.81. The Labute approximate surface area is 113 Å². The second-order valence-electron chi connectivity index (χ2n) is 5.44. The molecule has 1 aromatic carbocycles. The summed E-state index contributed by atoms with van der Waals surface area (Å²) >= 11 is 0. The molecule has 2 amide bonds. The molecule has 1 atom stereocenters. The number of hydrogen-bond donors (Lipinski definition) is 0. The lowest BCUT2D eigenvalue weighted by molar-refractivity contribution is -0.140. The molecule has 2 heterocycles. The molecule has 19 heavy (non-hydrogen) atoms. The highest BCUT2D eigenvalue weighted by Crippen LogP contribution is 2.28. The van der Waals surface area contributed by atoms with E-state index in [1.165, 1.54) is 5.56 Å². The first-order valence-electron chi connectivity index (χ1n) is 6.76. The van der Waals surface area contributed by atoms with Crippen molar-refractivity contribution in [1.29, 1.82) is 0 Å². The minimum Gasteiger partial charge on any atom is -0.329 e. The van der Waals surface area contributed by atoms with Gasteiger partial charge in [0.2, 0.25) is 11.8 Å². The molecule has 3 rings (SSSR count). The first-order valence-corrected chi connectivity index (χ1v) is 6.76. The zero-order valence-corrected chi connectivity index (χ0v) is 11.3. The topological polar surface area (TPSA) is 40.6 Å². The molecule has 0 bridgehead atoms. The van der Waals surface area contributed by atoms with Crippen molar-refractivity contribution >= 4 is 17.5 Å². The predicted octanol–water partition coefficient (Wildman–Crippen LogP) is 1.64.